The topological polar surface area (TPSA) is 32.3 Å². The lowest BCUT2D eigenvalue weighted by atomic mass is 10.1. The minimum Gasteiger partial charge on any atom is -0.341 e. The van der Waals surface area contributed by atoms with Crippen LogP contribution in [0.5, 0.6) is 0 Å². The molecule has 1 N–H and O–H groups in total. The fourth-order valence-electron chi connectivity index (χ4n) is 3.96. The highest BCUT2D eigenvalue weighted by Gasteiger charge is 2.46. The Morgan fingerprint density at radius 3 is 2.70 bits per heavy atom. The summed E-state index contributed by atoms with van der Waals surface area (Å²) in [7, 11) is 0. The third kappa shape index (κ3) is 3.22. The molecule has 1 amide bonds. The van der Waals surface area contributed by atoms with Crippen molar-refractivity contribution in [3.05, 3.63) is 35.4 Å². The predicted molar refractivity (Wildman–Crippen MR) is 85.6 cm³/mol. The summed E-state index contributed by atoms with van der Waals surface area (Å²) in [4.78, 5) is 14.6. The van der Waals surface area contributed by atoms with Crippen LogP contribution < -0.4 is 5.32 Å². The lowest BCUT2D eigenvalue weighted by molar-refractivity contribution is -0.132. The molecular weight excluding hydrogens is 322 g/mol. The van der Waals surface area contributed by atoms with Crippen molar-refractivity contribution in [1.82, 2.24) is 10.2 Å². The van der Waals surface area contributed by atoms with Gasteiger partial charge in [-0.25, -0.2) is 8.78 Å². The average molecular weight is 343 g/mol. The fraction of sp³-hybridized carbons (Fsp3) is 0.588. The normalized spacial score (nSPS) is 32.2. The Labute approximate surface area is 140 Å². The van der Waals surface area contributed by atoms with Gasteiger partial charge in [0.2, 0.25) is 5.91 Å². The Balaban J connectivity index is 0.00000156. The first kappa shape index (κ1) is 16.7. The molecule has 0 spiro atoms. The number of hydrogen-bond acceptors (Lipinski definition) is 2. The van der Waals surface area contributed by atoms with Crippen LogP contribution in [0.1, 0.15) is 37.2 Å². The maximum Gasteiger partial charge on any atom is 0.226 e. The van der Waals surface area contributed by atoms with Crippen molar-refractivity contribution in [2.75, 3.05) is 13.1 Å². The highest BCUT2D eigenvalue weighted by Crippen LogP contribution is 2.48. The molecule has 2 aliphatic heterocycles. The Morgan fingerprint density at radius 1 is 1.13 bits per heavy atom. The van der Waals surface area contributed by atoms with Gasteiger partial charge in [0.05, 0.1) is 0 Å². The molecule has 1 aliphatic carbocycles. The van der Waals surface area contributed by atoms with E-state index in [1.165, 1.54) is 12.5 Å². The second-order valence-electron chi connectivity index (χ2n) is 6.83. The number of amides is 1. The molecule has 1 aromatic rings. The van der Waals surface area contributed by atoms with Gasteiger partial charge in [-0.2, -0.15) is 0 Å². The number of halogens is 3. The summed E-state index contributed by atoms with van der Waals surface area (Å²) >= 11 is 0. The van der Waals surface area contributed by atoms with Crippen molar-refractivity contribution in [2.45, 2.75) is 43.7 Å². The van der Waals surface area contributed by atoms with E-state index in [4.69, 9.17) is 0 Å². The quantitative estimate of drug-likeness (QED) is 0.896. The summed E-state index contributed by atoms with van der Waals surface area (Å²) in [5, 5.41) is 3.57. The van der Waals surface area contributed by atoms with Crippen LogP contribution in [0, 0.1) is 17.6 Å². The van der Waals surface area contributed by atoms with Gasteiger partial charge in [0, 0.05) is 31.1 Å². The van der Waals surface area contributed by atoms with Crippen molar-refractivity contribution >= 4 is 18.3 Å². The zero-order valence-corrected chi connectivity index (χ0v) is 13.6. The second-order valence-corrected chi connectivity index (χ2v) is 6.83. The van der Waals surface area contributed by atoms with Gasteiger partial charge in [-0.3, -0.25) is 4.79 Å². The maximum atomic E-state index is 13.3. The van der Waals surface area contributed by atoms with Crippen LogP contribution in [0.2, 0.25) is 0 Å². The van der Waals surface area contributed by atoms with E-state index in [1.54, 1.807) is 6.07 Å². The van der Waals surface area contributed by atoms with Crippen LogP contribution in [0.25, 0.3) is 0 Å². The van der Waals surface area contributed by atoms with Crippen molar-refractivity contribution in [3.63, 3.8) is 0 Å². The fourth-order valence-corrected chi connectivity index (χ4v) is 3.96. The lowest BCUT2D eigenvalue weighted by Crippen LogP contribution is -2.40. The van der Waals surface area contributed by atoms with Crippen LogP contribution in [0.3, 0.4) is 0 Å². The smallest absolute Gasteiger partial charge is 0.226 e. The molecule has 4 atom stereocenters. The number of benzene rings is 1. The van der Waals surface area contributed by atoms with Crippen LogP contribution in [0.4, 0.5) is 8.78 Å². The van der Waals surface area contributed by atoms with Gasteiger partial charge in [-0.05, 0) is 49.3 Å². The minimum absolute atomic E-state index is 0. The van der Waals surface area contributed by atoms with E-state index in [0.717, 1.165) is 44.0 Å². The molecule has 23 heavy (non-hydrogen) atoms. The van der Waals surface area contributed by atoms with Gasteiger partial charge in [-0.15, -0.1) is 12.4 Å². The molecule has 2 saturated heterocycles. The molecule has 2 heterocycles. The molecule has 3 aliphatic rings. The van der Waals surface area contributed by atoms with E-state index in [-0.39, 0.29) is 30.2 Å². The van der Waals surface area contributed by atoms with Crippen LogP contribution in [0.15, 0.2) is 18.2 Å². The first-order valence-corrected chi connectivity index (χ1v) is 8.11. The summed E-state index contributed by atoms with van der Waals surface area (Å²) < 4.78 is 26.3. The minimum atomic E-state index is -0.832. The van der Waals surface area contributed by atoms with Gasteiger partial charge in [0.25, 0.3) is 0 Å². The summed E-state index contributed by atoms with van der Waals surface area (Å²) in [6, 6.07) is 4.97. The van der Waals surface area contributed by atoms with Crippen LogP contribution >= 0.6 is 12.4 Å². The highest BCUT2D eigenvalue weighted by molar-refractivity contribution is 5.85. The predicted octanol–water partition coefficient (Wildman–Crippen LogP) is 2.84. The zero-order chi connectivity index (χ0) is 15.3. The summed E-state index contributed by atoms with van der Waals surface area (Å²) in [6.45, 7) is 1.60. The van der Waals surface area contributed by atoms with Crippen LogP contribution in [-0.4, -0.2) is 36.0 Å². The van der Waals surface area contributed by atoms with E-state index in [1.807, 2.05) is 4.90 Å². The number of likely N-dealkylation sites (tertiary alicyclic amines) is 1. The summed E-state index contributed by atoms with van der Waals surface area (Å²) in [6.07, 6.45) is 4.13. The number of hydrogen-bond donors (Lipinski definition) is 1. The van der Waals surface area contributed by atoms with E-state index in [2.05, 4.69) is 5.32 Å². The molecule has 3 fully saturated rings. The first-order valence-electron chi connectivity index (χ1n) is 8.11. The van der Waals surface area contributed by atoms with Crippen molar-refractivity contribution < 1.29 is 13.6 Å². The molecule has 6 heteroatoms. The van der Waals surface area contributed by atoms with Crippen molar-refractivity contribution in [1.29, 1.82) is 0 Å². The standard InChI is InChI=1S/C17H20F2N2O.ClH/c18-15-4-1-10(7-16(15)19)13-8-14(13)17(22)21-6-5-11-2-3-12(9-21)20-11;/h1,4,7,11-14,20H,2-3,5-6,8-9H2;1H. The van der Waals surface area contributed by atoms with E-state index >= 15 is 0 Å². The lowest BCUT2D eigenvalue weighted by Gasteiger charge is -2.24. The number of carbonyl (C=O) groups excluding carboxylic acids is 1. The molecule has 4 unspecified atom stereocenters. The Morgan fingerprint density at radius 2 is 1.91 bits per heavy atom. The first-order chi connectivity index (χ1) is 10.6. The molecule has 1 saturated carbocycles. The molecule has 2 bridgehead atoms. The molecule has 3 nitrogen and oxygen atoms in total. The molecule has 0 radical (unpaired) electrons. The number of nitrogens with one attached hydrogen (secondary N) is 1. The third-order valence-corrected chi connectivity index (χ3v) is 5.31. The van der Waals surface area contributed by atoms with E-state index in [0.29, 0.717) is 12.1 Å². The Kier molecular flexibility index (Phi) is 4.61. The monoisotopic (exact) mass is 342 g/mol. The number of rotatable bonds is 2. The molecule has 0 aromatic heterocycles. The van der Waals surface area contributed by atoms with Crippen LogP contribution in [-0.2, 0) is 4.79 Å². The zero-order valence-electron chi connectivity index (χ0n) is 12.8. The van der Waals surface area contributed by atoms with Gasteiger partial charge in [-0.1, -0.05) is 6.07 Å². The second kappa shape index (κ2) is 6.36. The molecule has 126 valence electrons. The Bertz CT molecular complexity index is 612. The van der Waals surface area contributed by atoms with Gasteiger partial charge in [0.1, 0.15) is 0 Å². The largest absolute Gasteiger partial charge is 0.341 e. The number of fused-ring (bicyclic) bond motifs is 2. The summed E-state index contributed by atoms with van der Waals surface area (Å²) in [5.41, 5.74) is 0.742. The van der Waals surface area contributed by atoms with Crippen molar-refractivity contribution in [3.8, 4) is 0 Å². The maximum absolute atomic E-state index is 13.3. The van der Waals surface area contributed by atoms with Crippen molar-refractivity contribution in [2.24, 2.45) is 5.92 Å². The number of nitrogens with zero attached hydrogens (tertiary/aromatic N) is 1. The van der Waals surface area contributed by atoms with Gasteiger partial charge in [0.15, 0.2) is 11.6 Å². The molecule has 4 rings (SSSR count). The molecular formula is C17H21ClF2N2O. The molecule has 1 aromatic carbocycles. The van der Waals surface area contributed by atoms with Gasteiger partial charge < -0.3 is 10.2 Å². The van der Waals surface area contributed by atoms with E-state index in [9.17, 15) is 13.6 Å². The average Bonchev–Trinajstić information content (AvgIpc) is 3.20. The third-order valence-electron chi connectivity index (χ3n) is 5.31. The Hall–Kier alpha value is -1.20. The highest BCUT2D eigenvalue weighted by atomic mass is 35.5. The SMILES string of the molecule is Cl.O=C(C1CC1c1ccc(F)c(F)c1)N1CCC2CCC(C1)N2. The number of carbonyl (C=O) groups is 1. The van der Waals surface area contributed by atoms with E-state index < -0.39 is 11.6 Å². The summed E-state index contributed by atoms with van der Waals surface area (Å²) in [5.74, 6) is -1.48. The van der Waals surface area contributed by atoms with Gasteiger partial charge >= 0.3 is 0 Å².